The summed E-state index contributed by atoms with van der Waals surface area (Å²) in [7, 11) is 0. The molecule has 184 valence electrons. The van der Waals surface area contributed by atoms with Crippen LogP contribution in [0.5, 0.6) is 0 Å². The van der Waals surface area contributed by atoms with E-state index >= 15 is 0 Å². The van der Waals surface area contributed by atoms with Gasteiger partial charge in [-0.25, -0.2) is 9.48 Å². The van der Waals surface area contributed by atoms with E-state index in [-0.39, 0.29) is 13.2 Å². The number of carbonyl (C=O) groups excluding carboxylic acids is 3. The Balaban J connectivity index is 1.48. The van der Waals surface area contributed by atoms with E-state index < -0.39 is 24.0 Å². The molecule has 0 saturated carbocycles. The van der Waals surface area contributed by atoms with E-state index in [1.807, 2.05) is 67.6 Å². The van der Waals surface area contributed by atoms with Gasteiger partial charge < -0.3 is 20.1 Å². The zero-order valence-electron chi connectivity index (χ0n) is 19.9. The summed E-state index contributed by atoms with van der Waals surface area (Å²) < 4.78 is 12.0. The number of rotatable bonds is 8. The monoisotopic (exact) mass is 486 g/mol. The lowest BCUT2D eigenvalue weighted by atomic mass is 10.2. The molecule has 0 unspecified atom stereocenters. The molecule has 0 fully saturated rings. The molecule has 0 aliphatic heterocycles. The van der Waals surface area contributed by atoms with Crippen LogP contribution in [0.25, 0.3) is 16.6 Å². The van der Waals surface area contributed by atoms with Crippen LogP contribution in [0, 0.1) is 6.92 Å². The maximum Gasteiger partial charge on any atom is 0.408 e. The molecule has 1 heterocycles. The zero-order chi connectivity index (χ0) is 25.5. The van der Waals surface area contributed by atoms with Crippen molar-refractivity contribution in [3.05, 3.63) is 90.1 Å². The largest absolute Gasteiger partial charge is 0.463 e. The predicted molar refractivity (Wildman–Crippen MR) is 135 cm³/mol. The fourth-order valence-electron chi connectivity index (χ4n) is 3.58. The van der Waals surface area contributed by atoms with Crippen molar-refractivity contribution in [2.45, 2.75) is 26.5 Å². The van der Waals surface area contributed by atoms with Crippen molar-refractivity contribution in [3.63, 3.8) is 0 Å². The molecule has 0 spiro atoms. The van der Waals surface area contributed by atoms with Gasteiger partial charge >= 0.3 is 12.1 Å². The molecule has 2 N–H and O–H groups in total. The van der Waals surface area contributed by atoms with Crippen LogP contribution in [-0.2, 0) is 25.7 Å². The summed E-state index contributed by atoms with van der Waals surface area (Å²) in [5.41, 5.74) is 4.08. The Morgan fingerprint density at radius 1 is 0.972 bits per heavy atom. The number of aromatic nitrogens is 2. The summed E-state index contributed by atoms with van der Waals surface area (Å²) >= 11 is 0. The van der Waals surface area contributed by atoms with E-state index in [9.17, 15) is 14.4 Å². The summed E-state index contributed by atoms with van der Waals surface area (Å²) in [5.74, 6) is -1.13. The van der Waals surface area contributed by atoms with Gasteiger partial charge in [0.05, 0.1) is 17.4 Å². The fourth-order valence-corrected chi connectivity index (χ4v) is 3.58. The molecule has 0 aliphatic rings. The molecule has 0 aliphatic carbocycles. The Morgan fingerprint density at radius 3 is 2.53 bits per heavy atom. The first-order chi connectivity index (χ1) is 17.4. The number of ether oxygens (including phenoxy) is 2. The summed E-state index contributed by atoms with van der Waals surface area (Å²) in [4.78, 5) is 36.7. The van der Waals surface area contributed by atoms with Gasteiger partial charge in [0.2, 0.25) is 0 Å². The third kappa shape index (κ3) is 6.26. The normalized spacial score (nSPS) is 11.5. The van der Waals surface area contributed by atoms with E-state index in [1.54, 1.807) is 23.0 Å². The summed E-state index contributed by atoms with van der Waals surface area (Å²) in [6, 6.07) is 21.3. The van der Waals surface area contributed by atoms with Crippen molar-refractivity contribution in [2.75, 3.05) is 11.9 Å². The molecule has 1 aromatic heterocycles. The lowest BCUT2D eigenvalue weighted by molar-refractivity contribution is -0.142. The number of benzene rings is 3. The average Bonchev–Trinajstić information content (AvgIpc) is 3.29. The minimum Gasteiger partial charge on any atom is -0.463 e. The lowest BCUT2D eigenvalue weighted by Gasteiger charge is -2.18. The Bertz CT molecular complexity index is 1380. The average molecular weight is 487 g/mol. The Morgan fingerprint density at radius 2 is 1.78 bits per heavy atom. The molecule has 0 bridgehead atoms. The molecule has 0 radical (unpaired) electrons. The minimum absolute atomic E-state index is 0.0359. The third-order valence-electron chi connectivity index (χ3n) is 5.36. The first kappa shape index (κ1) is 24.5. The number of carbonyl (C=O) groups is 3. The fraction of sp³-hybridized carbons (Fsp3) is 0.185. The van der Waals surface area contributed by atoms with Gasteiger partial charge in [0.15, 0.2) is 0 Å². The van der Waals surface area contributed by atoms with Gasteiger partial charge in [0, 0.05) is 18.0 Å². The van der Waals surface area contributed by atoms with Crippen molar-refractivity contribution in [3.8, 4) is 5.69 Å². The van der Waals surface area contributed by atoms with Crippen LogP contribution in [0.1, 0.15) is 18.1 Å². The van der Waals surface area contributed by atoms with Gasteiger partial charge in [-0.2, -0.15) is 5.10 Å². The number of aryl methyl sites for hydroxylation is 1. The first-order valence-electron chi connectivity index (χ1n) is 11.4. The van der Waals surface area contributed by atoms with E-state index in [2.05, 4.69) is 15.7 Å². The van der Waals surface area contributed by atoms with Gasteiger partial charge in [0.1, 0.15) is 19.3 Å². The number of hydrogen-bond acceptors (Lipinski definition) is 6. The Labute approximate surface area is 208 Å². The van der Waals surface area contributed by atoms with Crippen molar-refractivity contribution >= 4 is 34.6 Å². The lowest BCUT2D eigenvalue weighted by Crippen LogP contribution is -2.47. The van der Waals surface area contributed by atoms with Gasteiger partial charge in [0.25, 0.3) is 5.91 Å². The maximum atomic E-state index is 13.0. The zero-order valence-corrected chi connectivity index (χ0v) is 19.9. The van der Waals surface area contributed by atoms with Crippen LogP contribution in [0.4, 0.5) is 10.5 Å². The van der Waals surface area contributed by atoms with Crippen LogP contribution >= 0.6 is 0 Å². The van der Waals surface area contributed by atoms with Crippen molar-refractivity contribution < 1.29 is 23.9 Å². The molecule has 4 rings (SSSR count). The molecule has 9 nitrogen and oxygen atoms in total. The molecular weight excluding hydrogens is 460 g/mol. The van der Waals surface area contributed by atoms with Crippen LogP contribution in [0.3, 0.4) is 0 Å². The number of fused-ring (bicyclic) bond motifs is 1. The van der Waals surface area contributed by atoms with Gasteiger partial charge in [-0.1, -0.05) is 42.5 Å². The van der Waals surface area contributed by atoms with Crippen LogP contribution < -0.4 is 10.6 Å². The van der Waals surface area contributed by atoms with Gasteiger partial charge in [-0.3, -0.25) is 9.59 Å². The molecule has 9 heteroatoms. The van der Waals surface area contributed by atoms with Crippen molar-refractivity contribution in [1.29, 1.82) is 0 Å². The second-order valence-electron chi connectivity index (χ2n) is 8.22. The van der Waals surface area contributed by atoms with E-state index in [0.29, 0.717) is 5.69 Å². The van der Waals surface area contributed by atoms with E-state index in [1.165, 1.54) is 6.92 Å². The molecule has 0 saturated heterocycles. The van der Waals surface area contributed by atoms with E-state index in [0.717, 1.165) is 27.7 Å². The number of esters is 1. The Kier molecular flexibility index (Phi) is 7.60. The number of nitrogens with one attached hydrogen (secondary N) is 2. The highest BCUT2D eigenvalue weighted by molar-refractivity contribution is 5.98. The van der Waals surface area contributed by atoms with E-state index in [4.69, 9.17) is 9.47 Å². The number of amides is 2. The number of anilines is 1. The molecule has 2 amide bonds. The quantitative estimate of drug-likeness (QED) is 0.362. The molecule has 3 aromatic carbocycles. The van der Waals surface area contributed by atoms with Crippen LogP contribution in [0.2, 0.25) is 0 Å². The van der Waals surface area contributed by atoms with Crippen LogP contribution in [0.15, 0.2) is 79.0 Å². The van der Waals surface area contributed by atoms with Crippen molar-refractivity contribution in [1.82, 2.24) is 15.1 Å². The van der Waals surface area contributed by atoms with Gasteiger partial charge in [-0.15, -0.1) is 0 Å². The third-order valence-corrected chi connectivity index (χ3v) is 5.36. The highest BCUT2D eigenvalue weighted by atomic mass is 16.6. The molecule has 4 aromatic rings. The number of hydrogen-bond donors (Lipinski definition) is 2. The highest BCUT2D eigenvalue weighted by Gasteiger charge is 2.23. The maximum absolute atomic E-state index is 13.0. The minimum atomic E-state index is -1.16. The van der Waals surface area contributed by atoms with Gasteiger partial charge in [-0.05, 0) is 48.4 Å². The molecular formula is C27H26N4O5. The topological polar surface area (TPSA) is 112 Å². The molecule has 36 heavy (non-hydrogen) atoms. The number of alkyl carbamates (subject to hydrolysis) is 1. The molecule has 1 atom stereocenters. The predicted octanol–water partition coefficient (Wildman–Crippen LogP) is 4.13. The second-order valence-corrected chi connectivity index (χ2v) is 8.22. The summed E-state index contributed by atoms with van der Waals surface area (Å²) in [6.07, 6.45) is 0.941. The summed E-state index contributed by atoms with van der Waals surface area (Å²) in [5, 5.41) is 10.6. The first-order valence-corrected chi connectivity index (χ1v) is 11.4. The smallest absolute Gasteiger partial charge is 0.408 e. The number of nitrogens with zero attached hydrogens (tertiary/aromatic N) is 2. The highest BCUT2D eigenvalue weighted by Crippen LogP contribution is 2.23. The van der Waals surface area contributed by atoms with Crippen molar-refractivity contribution in [2.24, 2.45) is 0 Å². The second kappa shape index (κ2) is 11.2. The SMILES string of the molecule is CC(=O)OC[C@H](NC(=O)OCc1ccccc1)C(=O)Nc1ccc2cnn(-c3cccc(C)c3)c2c1. The Hall–Kier alpha value is -4.66. The summed E-state index contributed by atoms with van der Waals surface area (Å²) in [6.45, 7) is 2.92. The van der Waals surface area contributed by atoms with Crippen LogP contribution in [-0.4, -0.2) is 40.4 Å². The standard InChI is InChI=1S/C27H26N4O5/c1-18-7-6-10-23(13-18)31-25-14-22(12-11-21(25)15-28-31)29-26(33)24(17-35-19(2)32)30-27(34)36-16-20-8-4-3-5-9-20/h3-15,24H,16-17H2,1-2H3,(H,29,33)(H,30,34)/t24-/m0/s1.